The number of furan rings is 1. The summed E-state index contributed by atoms with van der Waals surface area (Å²) in [6.45, 7) is 0. The van der Waals surface area contributed by atoms with Crippen LogP contribution in [0.1, 0.15) is 0 Å². The molecule has 5 nitrogen and oxygen atoms in total. The van der Waals surface area contributed by atoms with Crippen LogP contribution in [0.15, 0.2) is 211 Å². The van der Waals surface area contributed by atoms with Crippen LogP contribution < -0.4 is 0 Å². The molecule has 0 radical (unpaired) electrons. The van der Waals surface area contributed by atoms with Crippen LogP contribution in [-0.2, 0) is 0 Å². The lowest BCUT2D eigenvalue weighted by molar-refractivity contribution is 0.669. The van der Waals surface area contributed by atoms with Crippen LogP contribution in [0.4, 0.5) is 0 Å². The molecule has 294 valence electrons. The first-order valence-electron chi connectivity index (χ1n) is 21.1. The van der Waals surface area contributed by atoms with Gasteiger partial charge < -0.3 is 8.98 Å². The fraction of sp³-hybridized carbons (Fsp3) is 0. The molecule has 0 N–H and O–H groups in total. The lowest BCUT2D eigenvalue weighted by atomic mass is 9.96. The smallest absolute Gasteiger partial charge is 0.167 e. The summed E-state index contributed by atoms with van der Waals surface area (Å²) < 4.78 is 11.5. The number of hydrogen-bond donors (Lipinski definition) is 0. The minimum Gasteiger partial charge on any atom is -0.455 e. The molecule has 0 spiro atoms. The van der Waals surface area contributed by atoms with Gasteiger partial charge in [-0.25, -0.2) is 15.0 Å². The van der Waals surface area contributed by atoms with Gasteiger partial charge in [-0.15, -0.1) is 11.3 Å². The van der Waals surface area contributed by atoms with Crippen molar-refractivity contribution in [3.63, 3.8) is 0 Å². The summed E-state index contributed by atoms with van der Waals surface area (Å²) in [5.74, 6) is 1.72. The third-order valence-corrected chi connectivity index (χ3v) is 13.5. The summed E-state index contributed by atoms with van der Waals surface area (Å²) in [5.41, 5.74) is 12.0. The summed E-state index contributed by atoms with van der Waals surface area (Å²) in [4.78, 5) is 16.0. The predicted octanol–water partition coefficient (Wildman–Crippen LogP) is 15.6. The maximum absolute atomic E-state index is 6.58. The standard InChI is InChI=1S/C57H34N4OS/c1-2-16-35(17-3-1)36-18-14-19-37(32-36)55-58-56(60-57(59-55)46-27-15-26-44-42-23-8-12-30-51(42)62-53(44)46)45-25-5-4-20-39(45)47-33-38(34-48-43-24-9-13-31-52(43)63-54(47)48)61-49-28-10-6-21-40(49)41-22-7-11-29-50(41)61/h1-34H. The molecule has 0 fully saturated rings. The molecule has 0 atom stereocenters. The normalized spacial score (nSPS) is 11.8. The van der Waals surface area contributed by atoms with Crippen LogP contribution >= 0.6 is 11.3 Å². The van der Waals surface area contributed by atoms with Crippen LogP contribution in [0.25, 0.3) is 126 Å². The highest BCUT2D eigenvalue weighted by molar-refractivity contribution is 7.26. The molecule has 13 aromatic rings. The first kappa shape index (κ1) is 35.6. The van der Waals surface area contributed by atoms with Crippen molar-refractivity contribution in [2.45, 2.75) is 0 Å². The van der Waals surface area contributed by atoms with Gasteiger partial charge in [-0.1, -0.05) is 158 Å². The highest BCUT2D eigenvalue weighted by atomic mass is 32.1. The van der Waals surface area contributed by atoms with E-state index in [2.05, 4.69) is 187 Å². The van der Waals surface area contributed by atoms with E-state index in [9.17, 15) is 0 Å². The Morgan fingerprint density at radius 1 is 0.365 bits per heavy atom. The lowest BCUT2D eigenvalue weighted by Crippen LogP contribution is -2.02. The summed E-state index contributed by atoms with van der Waals surface area (Å²) in [6.07, 6.45) is 0. The van der Waals surface area contributed by atoms with Crippen molar-refractivity contribution >= 4 is 75.3 Å². The van der Waals surface area contributed by atoms with E-state index >= 15 is 0 Å². The molecule has 0 aliphatic rings. The molecule has 4 aromatic heterocycles. The predicted molar refractivity (Wildman–Crippen MR) is 262 cm³/mol. The quantitative estimate of drug-likeness (QED) is 0.168. The van der Waals surface area contributed by atoms with Gasteiger partial charge in [-0.2, -0.15) is 0 Å². The summed E-state index contributed by atoms with van der Waals surface area (Å²) in [6, 6.07) is 72.7. The van der Waals surface area contributed by atoms with Gasteiger partial charge in [0, 0.05) is 64.1 Å². The monoisotopic (exact) mass is 822 g/mol. The Morgan fingerprint density at radius 2 is 0.937 bits per heavy atom. The Bertz CT molecular complexity index is 3880. The number of benzene rings is 9. The Kier molecular flexibility index (Phi) is 8.01. The van der Waals surface area contributed by atoms with Crippen LogP contribution in [0.2, 0.25) is 0 Å². The van der Waals surface area contributed by atoms with Crippen molar-refractivity contribution in [2.24, 2.45) is 0 Å². The van der Waals surface area contributed by atoms with Gasteiger partial charge in [0.15, 0.2) is 17.5 Å². The van der Waals surface area contributed by atoms with E-state index < -0.39 is 0 Å². The topological polar surface area (TPSA) is 56.7 Å². The lowest BCUT2D eigenvalue weighted by Gasteiger charge is -2.15. The van der Waals surface area contributed by atoms with Gasteiger partial charge >= 0.3 is 0 Å². The largest absolute Gasteiger partial charge is 0.455 e. The van der Waals surface area contributed by atoms with Gasteiger partial charge in [-0.3, -0.25) is 0 Å². The number of fused-ring (bicyclic) bond motifs is 9. The maximum atomic E-state index is 6.58. The first-order chi connectivity index (χ1) is 31.2. The van der Waals surface area contributed by atoms with E-state index in [1.54, 1.807) is 0 Å². The number of rotatable bonds is 6. The van der Waals surface area contributed by atoms with Crippen molar-refractivity contribution < 1.29 is 4.42 Å². The highest BCUT2D eigenvalue weighted by Crippen LogP contribution is 2.46. The van der Waals surface area contributed by atoms with E-state index in [4.69, 9.17) is 19.4 Å². The van der Waals surface area contributed by atoms with Gasteiger partial charge in [0.1, 0.15) is 11.2 Å². The molecule has 9 aromatic carbocycles. The minimum absolute atomic E-state index is 0.547. The number of para-hydroxylation sites is 4. The molecular weight excluding hydrogens is 789 g/mol. The third kappa shape index (κ3) is 5.73. The van der Waals surface area contributed by atoms with Crippen LogP contribution in [0.5, 0.6) is 0 Å². The van der Waals surface area contributed by atoms with Crippen molar-refractivity contribution in [1.29, 1.82) is 0 Å². The molecule has 0 saturated carbocycles. The molecule has 0 bridgehead atoms. The van der Waals surface area contributed by atoms with Crippen molar-refractivity contribution in [1.82, 2.24) is 19.5 Å². The van der Waals surface area contributed by atoms with Gasteiger partial charge in [0.05, 0.1) is 16.6 Å². The van der Waals surface area contributed by atoms with Crippen LogP contribution in [0, 0.1) is 0 Å². The molecule has 0 aliphatic carbocycles. The zero-order valence-electron chi connectivity index (χ0n) is 33.7. The molecule has 0 aliphatic heterocycles. The Morgan fingerprint density at radius 3 is 1.75 bits per heavy atom. The zero-order chi connectivity index (χ0) is 41.4. The van der Waals surface area contributed by atoms with Crippen molar-refractivity contribution in [2.75, 3.05) is 0 Å². The fourth-order valence-corrected chi connectivity index (χ4v) is 10.6. The van der Waals surface area contributed by atoms with E-state index in [0.29, 0.717) is 17.5 Å². The number of thiophene rings is 1. The first-order valence-corrected chi connectivity index (χ1v) is 21.9. The van der Waals surface area contributed by atoms with E-state index in [1.807, 2.05) is 35.6 Å². The second-order valence-electron chi connectivity index (χ2n) is 15.9. The fourth-order valence-electron chi connectivity index (χ4n) is 9.39. The Hall–Kier alpha value is -8.19. The molecular formula is C57H34N4OS. The third-order valence-electron chi connectivity index (χ3n) is 12.3. The van der Waals surface area contributed by atoms with E-state index in [-0.39, 0.29) is 0 Å². The molecule has 4 heterocycles. The summed E-state index contributed by atoms with van der Waals surface area (Å²) in [5, 5.41) is 6.98. The van der Waals surface area contributed by atoms with Crippen LogP contribution in [-0.4, -0.2) is 19.5 Å². The number of hydrogen-bond acceptors (Lipinski definition) is 5. The second-order valence-corrected chi connectivity index (χ2v) is 17.0. The second kappa shape index (κ2) is 14.2. The average Bonchev–Trinajstić information content (AvgIpc) is 4.04. The SMILES string of the molecule is c1ccc(-c2cccc(-c3nc(-c4ccccc4-c4cc(-n5c6ccccc6c6ccccc65)cc5c4sc4ccccc45)nc(-c4cccc5c4oc4ccccc45)n3)c2)cc1. The van der Waals surface area contributed by atoms with Gasteiger partial charge in [0.25, 0.3) is 0 Å². The van der Waals surface area contributed by atoms with Gasteiger partial charge in [0.2, 0.25) is 0 Å². The van der Waals surface area contributed by atoms with E-state index in [0.717, 1.165) is 66.6 Å². The number of aromatic nitrogens is 4. The molecule has 13 rings (SSSR count). The summed E-state index contributed by atoms with van der Waals surface area (Å²) >= 11 is 1.83. The molecule has 6 heteroatoms. The molecule has 0 unspecified atom stereocenters. The van der Waals surface area contributed by atoms with E-state index in [1.165, 1.54) is 42.0 Å². The van der Waals surface area contributed by atoms with Crippen molar-refractivity contribution in [3.05, 3.63) is 206 Å². The Labute approximate surface area is 365 Å². The highest BCUT2D eigenvalue weighted by Gasteiger charge is 2.22. The summed E-state index contributed by atoms with van der Waals surface area (Å²) in [7, 11) is 0. The Balaban J connectivity index is 1.08. The molecule has 63 heavy (non-hydrogen) atoms. The maximum Gasteiger partial charge on any atom is 0.167 e. The molecule has 0 saturated heterocycles. The number of nitrogens with zero attached hydrogens (tertiary/aromatic N) is 4. The van der Waals surface area contributed by atoms with Crippen molar-refractivity contribution in [3.8, 4) is 62.1 Å². The zero-order valence-corrected chi connectivity index (χ0v) is 34.6. The van der Waals surface area contributed by atoms with Gasteiger partial charge in [-0.05, 0) is 65.2 Å². The average molecular weight is 823 g/mol. The molecule has 0 amide bonds. The van der Waals surface area contributed by atoms with Crippen LogP contribution in [0.3, 0.4) is 0 Å². The minimum atomic E-state index is 0.547.